The minimum atomic E-state index is 0.106. The smallest absolute Gasteiger partial charge is 0.142 e. The number of Topliss-reactive ketones (excluding diaryl/α,β-unsaturated/α-hetero) is 1. The van der Waals surface area contributed by atoms with Gasteiger partial charge >= 0.3 is 0 Å². The Bertz CT molecular complexity index is 272. The number of carbonyl (C=O) groups excluding carboxylic acids is 1. The van der Waals surface area contributed by atoms with E-state index in [0.29, 0.717) is 24.9 Å². The number of hydrogen-bond donors (Lipinski definition) is 1. The number of hydrogen-bond acceptors (Lipinski definition) is 3. The predicted octanol–water partition coefficient (Wildman–Crippen LogP) is 2.40. The van der Waals surface area contributed by atoms with Crippen LogP contribution in [0.1, 0.15) is 46.0 Å². The van der Waals surface area contributed by atoms with Gasteiger partial charge in [-0.3, -0.25) is 4.79 Å². The maximum absolute atomic E-state index is 12.6. The van der Waals surface area contributed by atoms with Gasteiger partial charge in [0.1, 0.15) is 5.78 Å². The molecule has 0 radical (unpaired) electrons. The van der Waals surface area contributed by atoms with Crippen molar-refractivity contribution in [1.29, 1.82) is 0 Å². The molecule has 1 aliphatic carbocycles. The molecule has 18 heavy (non-hydrogen) atoms. The summed E-state index contributed by atoms with van der Waals surface area (Å²) in [7, 11) is 0. The molecule has 0 aromatic rings. The molecule has 1 saturated carbocycles. The number of ketones is 1. The maximum atomic E-state index is 12.6. The van der Waals surface area contributed by atoms with Crippen molar-refractivity contribution in [2.75, 3.05) is 19.8 Å². The van der Waals surface area contributed by atoms with Crippen LogP contribution >= 0.6 is 0 Å². The first-order valence-electron chi connectivity index (χ1n) is 7.57. The molecule has 1 heterocycles. The van der Waals surface area contributed by atoms with Crippen molar-refractivity contribution >= 4 is 5.78 Å². The molecule has 2 rings (SSSR count). The molecule has 0 aromatic carbocycles. The average Bonchev–Trinajstić information content (AvgIpc) is 2.84. The zero-order valence-electron chi connectivity index (χ0n) is 11.8. The van der Waals surface area contributed by atoms with Crippen LogP contribution in [0.5, 0.6) is 0 Å². The van der Waals surface area contributed by atoms with E-state index in [2.05, 4.69) is 19.2 Å². The van der Waals surface area contributed by atoms with E-state index in [0.717, 1.165) is 31.7 Å². The maximum Gasteiger partial charge on any atom is 0.142 e. The van der Waals surface area contributed by atoms with E-state index in [4.69, 9.17) is 4.74 Å². The molecule has 0 amide bonds. The van der Waals surface area contributed by atoms with Crippen molar-refractivity contribution < 1.29 is 9.53 Å². The Balaban J connectivity index is 1.87. The summed E-state index contributed by atoms with van der Waals surface area (Å²) < 4.78 is 5.52. The Hall–Kier alpha value is -0.410. The van der Waals surface area contributed by atoms with E-state index < -0.39 is 0 Å². The van der Waals surface area contributed by atoms with Gasteiger partial charge in [0.05, 0.1) is 19.1 Å². The van der Waals surface area contributed by atoms with Crippen LogP contribution in [0.15, 0.2) is 0 Å². The molecule has 2 unspecified atom stereocenters. The van der Waals surface area contributed by atoms with Gasteiger partial charge in [-0.05, 0) is 31.7 Å². The SMILES string of the molecule is CCCNC1COCC1C(=O)C1CCC(C)CC1. The van der Waals surface area contributed by atoms with Gasteiger partial charge < -0.3 is 10.1 Å². The summed E-state index contributed by atoms with van der Waals surface area (Å²) >= 11 is 0. The summed E-state index contributed by atoms with van der Waals surface area (Å²) in [4.78, 5) is 12.6. The van der Waals surface area contributed by atoms with Crippen molar-refractivity contribution in [3.63, 3.8) is 0 Å². The Morgan fingerprint density at radius 2 is 1.94 bits per heavy atom. The third-order valence-electron chi connectivity index (χ3n) is 4.52. The second-order valence-corrected chi connectivity index (χ2v) is 6.06. The second-order valence-electron chi connectivity index (χ2n) is 6.06. The molecule has 2 atom stereocenters. The molecule has 104 valence electrons. The minimum Gasteiger partial charge on any atom is -0.379 e. The molecule has 0 spiro atoms. The van der Waals surface area contributed by atoms with Crippen molar-refractivity contribution in [3.8, 4) is 0 Å². The summed E-state index contributed by atoms with van der Waals surface area (Å²) in [5.74, 6) is 1.68. The average molecular weight is 253 g/mol. The summed E-state index contributed by atoms with van der Waals surface area (Å²) in [6, 6.07) is 0.261. The highest BCUT2D eigenvalue weighted by Crippen LogP contribution is 2.32. The van der Waals surface area contributed by atoms with E-state index in [-0.39, 0.29) is 12.0 Å². The third kappa shape index (κ3) is 3.33. The van der Waals surface area contributed by atoms with Gasteiger partial charge in [0.2, 0.25) is 0 Å². The number of rotatable bonds is 5. The zero-order chi connectivity index (χ0) is 13.0. The quantitative estimate of drug-likeness (QED) is 0.817. The first-order chi connectivity index (χ1) is 8.72. The molecule has 3 heteroatoms. The number of carbonyl (C=O) groups is 1. The van der Waals surface area contributed by atoms with Crippen LogP contribution in [0.2, 0.25) is 0 Å². The van der Waals surface area contributed by atoms with Crippen LogP contribution in [0.25, 0.3) is 0 Å². The van der Waals surface area contributed by atoms with Crippen molar-refractivity contribution in [1.82, 2.24) is 5.32 Å². The van der Waals surface area contributed by atoms with Gasteiger partial charge in [-0.2, -0.15) is 0 Å². The predicted molar refractivity (Wildman–Crippen MR) is 72.5 cm³/mol. The fourth-order valence-electron chi connectivity index (χ4n) is 3.21. The molecule has 1 saturated heterocycles. The molecule has 2 fully saturated rings. The van der Waals surface area contributed by atoms with Gasteiger partial charge in [0.25, 0.3) is 0 Å². The lowest BCUT2D eigenvalue weighted by Crippen LogP contribution is -2.42. The lowest BCUT2D eigenvalue weighted by molar-refractivity contribution is -0.128. The van der Waals surface area contributed by atoms with E-state index in [1.54, 1.807) is 0 Å². The van der Waals surface area contributed by atoms with Crippen molar-refractivity contribution in [2.24, 2.45) is 17.8 Å². The van der Waals surface area contributed by atoms with E-state index >= 15 is 0 Å². The van der Waals surface area contributed by atoms with Crippen LogP contribution in [0.3, 0.4) is 0 Å². The van der Waals surface area contributed by atoms with Crippen molar-refractivity contribution in [2.45, 2.75) is 52.0 Å². The Morgan fingerprint density at radius 1 is 1.22 bits per heavy atom. The molecule has 1 N–H and O–H groups in total. The standard InChI is InChI=1S/C15H27NO2/c1-3-8-16-14-10-18-9-13(14)15(17)12-6-4-11(2)5-7-12/h11-14,16H,3-10H2,1-2H3. The molecule has 0 bridgehead atoms. The highest BCUT2D eigenvalue weighted by Gasteiger charge is 2.37. The Labute approximate surface area is 111 Å². The number of nitrogens with one attached hydrogen (secondary N) is 1. The van der Waals surface area contributed by atoms with Crippen LogP contribution in [0, 0.1) is 17.8 Å². The van der Waals surface area contributed by atoms with Gasteiger partial charge in [-0.1, -0.05) is 26.7 Å². The van der Waals surface area contributed by atoms with Gasteiger partial charge in [0.15, 0.2) is 0 Å². The van der Waals surface area contributed by atoms with Crippen LogP contribution in [-0.2, 0) is 9.53 Å². The van der Waals surface area contributed by atoms with Crippen LogP contribution < -0.4 is 5.32 Å². The Morgan fingerprint density at radius 3 is 2.61 bits per heavy atom. The van der Waals surface area contributed by atoms with Gasteiger partial charge in [-0.15, -0.1) is 0 Å². The summed E-state index contributed by atoms with van der Waals surface area (Å²) in [6.07, 6.45) is 5.74. The van der Waals surface area contributed by atoms with Crippen LogP contribution in [0.4, 0.5) is 0 Å². The molecular weight excluding hydrogens is 226 g/mol. The lowest BCUT2D eigenvalue weighted by Gasteiger charge is -2.28. The largest absolute Gasteiger partial charge is 0.379 e. The number of ether oxygens (including phenoxy) is 1. The fourth-order valence-corrected chi connectivity index (χ4v) is 3.21. The highest BCUT2D eigenvalue weighted by atomic mass is 16.5. The fraction of sp³-hybridized carbons (Fsp3) is 0.933. The first kappa shape index (κ1) is 14.0. The van der Waals surface area contributed by atoms with Gasteiger partial charge in [0, 0.05) is 12.0 Å². The molecule has 1 aliphatic heterocycles. The summed E-state index contributed by atoms with van der Waals surface area (Å²) in [5, 5.41) is 3.46. The lowest BCUT2D eigenvalue weighted by atomic mass is 9.77. The van der Waals surface area contributed by atoms with Crippen LogP contribution in [-0.4, -0.2) is 31.6 Å². The summed E-state index contributed by atoms with van der Waals surface area (Å²) in [5.41, 5.74) is 0. The monoisotopic (exact) mass is 253 g/mol. The topological polar surface area (TPSA) is 38.3 Å². The van der Waals surface area contributed by atoms with E-state index in [9.17, 15) is 4.79 Å². The van der Waals surface area contributed by atoms with E-state index in [1.807, 2.05) is 0 Å². The van der Waals surface area contributed by atoms with Gasteiger partial charge in [-0.25, -0.2) is 0 Å². The second kappa shape index (κ2) is 6.67. The normalized spacial score (nSPS) is 36.8. The molecular formula is C15H27NO2. The van der Waals surface area contributed by atoms with E-state index in [1.165, 1.54) is 12.8 Å². The molecule has 0 aromatic heterocycles. The summed E-state index contributed by atoms with van der Waals surface area (Å²) in [6.45, 7) is 6.78. The molecule has 2 aliphatic rings. The highest BCUT2D eigenvalue weighted by molar-refractivity contribution is 5.84. The Kier molecular flexibility index (Phi) is 5.19. The first-order valence-corrected chi connectivity index (χ1v) is 7.57. The minimum absolute atomic E-state index is 0.106. The molecule has 3 nitrogen and oxygen atoms in total. The van der Waals surface area contributed by atoms with Crippen molar-refractivity contribution in [3.05, 3.63) is 0 Å². The third-order valence-corrected chi connectivity index (χ3v) is 4.52. The zero-order valence-corrected chi connectivity index (χ0v) is 11.8.